The lowest BCUT2D eigenvalue weighted by Gasteiger charge is -2.21. The molecule has 8 nitrogen and oxygen atoms in total. The second-order valence-corrected chi connectivity index (χ2v) is 7.14. The minimum atomic E-state index is -0.209. The van der Waals surface area contributed by atoms with Crippen molar-refractivity contribution in [3.63, 3.8) is 0 Å². The Kier molecular flexibility index (Phi) is 5.96. The van der Waals surface area contributed by atoms with E-state index in [0.717, 1.165) is 22.7 Å². The predicted molar refractivity (Wildman–Crippen MR) is 102 cm³/mol. The summed E-state index contributed by atoms with van der Waals surface area (Å²) in [6.45, 7) is 6.61. The molecule has 0 spiro atoms. The van der Waals surface area contributed by atoms with E-state index in [4.69, 9.17) is 9.26 Å². The van der Waals surface area contributed by atoms with Crippen LogP contribution < -0.4 is 10.1 Å². The van der Waals surface area contributed by atoms with Gasteiger partial charge in [-0.2, -0.15) is 0 Å². The summed E-state index contributed by atoms with van der Waals surface area (Å²) in [4.78, 5) is 31.2. The zero-order chi connectivity index (χ0) is 20.3. The van der Waals surface area contributed by atoms with Gasteiger partial charge in [-0.1, -0.05) is 5.16 Å². The third kappa shape index (κ3) is 4.32. The van der Waals surface area contributed by atoms with Gasteiger partial charge < -0.3 is 19.5 Å². The lowest BCUT2D eigenvalue weighted by Crippen LogP contribution is -2.36. The maximum absolute atomic E-state index is 12.7. The molecule has 0 aromatic carbocycles. The molecule has 3 rings (SSSR count). The Morgan fingerprint density at radius 1 is 1.36 bits per heavy atom. The van der Waals surface area contributed by atoms with Crippen LogP contribution in [0.2, 0.25) is 0 Å². The van der Waals surface area contributed by atoms with Crippen molar-refractivity contribution >= 4 is 11.8 Å². The molecular formula is C20H26N4O4. The summed E-state index contributed by atoms with van der Waals surface area (Å²) in [5.74, 6) is 1.04. The molecule has 1 atom stereocenters. The van der Waals surface area contributed by atoms with Crippen LogP contribution in [0.5, 0.6) is 5.75 Å². The van der Waals surface area contributed by atoms with Crippen molar-refractivity contribution in [2.75, 3.05) is 13.7 Å². The number of carbonyl (C=O) groups excluding carboxylic acids is 2. The van der Waals surface area contributed by atoms with Gasteiger partial charge in [0.2, 0.25) is 5.91 Å². The zero-order valence-electron chi connectivity index (χ0n) is 16.7. The van der Waals surface area contributed by atoms with Crippen LogP contribution >= 0.6 is 0 Å². The minimum Gasteiger partial charge on any atom is -0.494 e. The number of pyridine rings is 1. The number of ether oxygens (including phenoxy) is 1. The number of carbonyl (C=O) groups is 2. The number of rotatable bonds is 5. The molecule has 1 N–H and O–H groups in total. The van der Waals surface area contributed by atoms with Crippen molar-refractivity contribution in [3.8, 4) is 5.75 Å². The van der Waals surface area contributed by atoms with Crippen LogP contribution in [0.25, 0.3) is 0 Å². The van der Waals surface area contributed by atoms with E-state index in [9.17, 15) is 9.59 Å². The van der Waals surface area contributed by atoms with Gasteiger partial charge in [0.15, 0.2) is 0 Å². The molecule has 0 aliphatic carbocycles. The number of nitrogens with one attached hydrogen (secondary N) is 1. The summed E-state index contributed by atoms with van der Waals surface area (Å²) in [7, 11) is 1.51. The highest BCUT2D eigenvalue weighted by Gasteiger charge is 2.26. The zero-order valence-corrected chi connectivity index (χ0v) is 16.7. The maximum atomic E-state index is 12.7. The molecule has 0 radical (unpaired) electrons. The molecule has 150 valence electrons. The maximum Gasteiger partial charge on any atom is 0.255 e. The van der Waals surface area contributed by atoms with Crippen molar-refractivity contribution in [1.29, 1.82) is 0 Å². The Balaban J connectivity index is 1.66. The molecule has 3 heterocycles. The Morgan fingerprint density at radius 2 is 2.14 bits per heavy atom. The largest absolute Gasteiger partial charge is 0.494 e. The molecule has 2 amide bonds. The van der Waals surface area contributed by atoms with E-state index in [1.807, 2.05) is 25.7 Å². The first-order chi connectivity index (χ1) is 13.4. The third-order valence-corrected chi connectivity index (χ3v) is 5.14. The molecule has 1 unspecified atom stereocenters. The highest BCUT2D eigenvalue weighted by Crippen LogP contribution is 2.21. The molecule has 1 fully saturated rings. The molecule has 0 bridgehead atoms. The van der Waals surface area contributed by atoms with Gasteiger partial charge in [-0.15, -0.1) is 0 Å². The van der Waals surface area contributed by atoms with Crippen LogP contribution in [0.15, 0.2) is 16.8 Å². The number of methoxy groups -OCH3 is 1. The van der Waals surface area contributed by atoms with Crippen molar-refractivity contribution < 1.29 is 18.8 Å². The Bertz CT molecular complexity index is 858. The Morgan fingerprint density at radius 3 is 2.82 bits per heavy atom. The van der Waals surface area contributed by atoms with Gasteiger partial charge in [-0.3, -0.25) is 14.6 Å². The van der Waals surface area contributed by atoms with E-state index in [-0.39, 0.29) is 17.9 Å². The second-order valence-electron chi connectivity index (χ2n) is 7.14. The summed E-state index contributed by atoms with van der Waals surface area (Å²) in [6.07, 6.45) is 3.23. The van der Waals surface area contributed by atoms with Crippen LogP contribution in [0.1, 0.15) is 52.3 Å². The van der Waals surface area contributed by atoms with Crippen molar-refractivity contribution in [1.82, 2.24) is 20.4 Å². The number of amides is 2. The first-order valence-corrected chi connectivity index (χ1v) is 9.40. The summed E-state index contributed by atoms with van der Waals surface area (Å²) in [6, 6.07) is 1.63. The molecule has 28 heavy (non-hydrogen) atoms. The number of nitrogens with zero attached hydrogens (tertiary/aromatic N) is 3. The fraction of sp³-hybridized carbons (Fsp3) is 0.500. The van der Waals surface area contributed by atoms with Gasteiger partial charge >= 0.3 is 0 Å². The van der Waals surface area contributed by atoms with Crippen LogP contribution in [0, 0.1) is 20.8 Å². The van der Waals surface area contributed by atoms with Crippen molar-refractivity contribution in [3.05, 3.63) is 40.5 Å². The average molecular weight is 386 g/mol. The fourth-order valence-electron chi connectivity index (χ4n) is 3.42. The minimum absolute atomic E-state index is 0.0779. The summed E-state index contributed by atoms with van der Waals surface area (Å²) in [5, 5.41) is 7.00. The normalized spacial score (nSPS) is 17.4. The van der Waals surface area contributed by atoms with Gasteiger partial charge in [-0.05, 0) is 39.7 Å². The first kappa shape index (κ1) is 19.9. The van der Waals surface area contributed by atoms with Gasteiger partial charge in [0.25, 0.3) is 5.91 Å². The van der Waals surface area contributed by atoms with Gasteiger partial charge in [0.1, 0.15) is 11.5 Å². The molecule has 1 aliphatic rings. The number of aromatic nitrogens is 2. The lowest BCUT2D eigenvalue weighted by atomic mass is 10.1. The smallest absolute Gasteiger partial charge is 0.255 e. The monoisotopic (exact) mass is 386 g/mol. The Labute approximate surface area is 164 Å². The number of hydrogen-bond acceptors (Lipinski definition) is 6. The molecule has 2 aromatic rings. The standard InChI is InChI=1S/C20H26N4O4/c1-12-9-16(18(27-4)10-21-12)20(26)22-15-5-6-19(25)24(8-7-15)11-17-13(2)23-28-14(17)3/h9-10,15H,5-8,11H2,1-4H3,(H,22,26). The van der Waals surface area contributed by atoms with E-state index in [2.05, 4.69) is 15.5 Å². The Hall–Kier alpha value is -2.90. The summed E-state index contributed by atoms with van der Waals surface area (Å²) >= 11 is 0. The lowest BCUT2D eigenvalue weighted by molar-refractivity contribution is -0.131. The summed E-state index contributed by atoms with van der Waals surface area (Å²) < 4.78 is 10.4. The van der Waals surface area contributed by atoms with Gasteiger partial charge in [0.05, 0.1) is 31.1 Å². The summed E-state index contributed by atoms with van der Waals surface area (Å²) in [5.41, 5.74) is 2.96. The topological polar surface area (TPSA) is 97.6 Å². The van der Waals surface area contributed by atoms with E-state index >= 15 is 0 Å². The van der Waals surface area contributed by atoms with E-state index < -0.39 is 0 Å². The SMILES string of the molecule is COc1cnc(C)cc1C(=O)NC1CCC(=O)N(Cc2c(C)noc2C)CC1. The molecule has 2 aromatic heterocycles. The van der Waals surface area contributed by atoms with E-state index in [1.165, 1.54) is 7.11 Å². The van der Waals surface area contributed by atoms with Gasteiger partial charge in [-0.25, -0.2) is 0 Å². The van der Waals surface area contributed by atoms with Gasteiger partial charge in [0, 0.05) is 30.3 Å². The van der Waals surface area contributed by atoms with E-state index in [1.54, 1.807) is 12.3 Å². The second kappa shape index (κ2) is 8.41. The number of likely N-dealkylation sites (tertiary alicyclic amines) is 1. The number of aryl methyl sites for hydroxylation is 3. The van der Waals surface area contributed by atoms with Crippen molar-refractivity contribution in [2.24, 2.45) is 0 Å². The van der Waals surface area contributed by atoms with Crippen molar-refractivity contribution in [2.45, 2.75) is 52.6 Å². The average Bonchev–Trinajstić information content (AvgIpc) is 2.88. The van der Waals surface area contributed by atoms with Crippen LogP contribution in [0.3, 0.4) is 0 Å². The molecule has 0 saturated carbocycles. The third-order valence-electron chi connectivity index (χ3n) is 5.14. The van der Waals surface area contributed by atoms with Crippen LogP contribution in [-0.2, 0) is 11.3 Å². The fourth-order valence-corrected chi connectivity index (χ4v) is 3.42. The first-order valence-electron chi connectivity index (χ1n) is 9.40. The molecule has 8 heteroatoms. The number of hydrogen-bond donors (Lipinski definition) is 1. The predicted octanol–water partition coefficient (Wildman–Crippen LogP) is 2.31. The molecule has 1 aliphatic heterocycles. The quantitative estimate of drug-likeness (QED) is 0.847. The van der Waals surface area contributed by atoms with Crippen LogP contribution in [0.4, 0.5) is 0 Å². The molecule has 1 saturated heterocycles. The highest BCUT2D eigenvalue weighted by atomic mass is 16.5. The van der Waals surface area contributed by atoms with E-state index in [0.29, 0.717) is 43.7 Å². The van der Waals surface area contributed by atoms with Crippen LogP contribution in [-0.4, -0.2) is 46.6 Å². The highest BCUT2D eigenvalue weighted by molar-refractivity contribution is 5.97. The molecular weight excluding hydrogens is 360 g/mol.